The minimum atomic E-state index is -2.46. The van der Waals surface area contributed by atoms with Crippen molar-refractivity contribution in [3.05, 3.63) is 78.6 Å². The minimum Gasteiger partial charge on any atom is -0.389 e. The van der Waals surface area contributed by atoms with E-state index >= 15 is 0 Å². The Labute approximate surface area is 155 Å². The number of nitrogens with zero attached hydrogens (tertiary/aromatic N) is 2. The largest absolute Gasteiger partial charge is 0.389 e. The molecule has 0 spiro atoms. The van der Waals surface area contributed by atoms with Gasteiger partial charge in [-0.05, 0) is 6.07 Å². The predicted octanol–water partition coefficient (Wildman–Crippen LogP) is 3.12. The van der Waals surface area contributed by atoms with Gasteiger partial charge in [0, 0.05) is 11.6 Å². The number of halogens is 5. The molecule has 0 N–H and O–H groups in total. The van der Waals surface area contributed by atoms with Crippen LogP contribution in [0.5, 0.6) is 0 Å². The fraction of sp³-hybridized carbons (Fsp3) is 0.0667. The lowest BCUT2D eigenvalue weighted by atomic mass is 10.1. The average molecular weight is 420 g/mol. The number of nitro groups is 2. The van der Waals surface area contributed by atoms with Gasteiger partial charge in [-0.25, -0.2) is 26.7 Å². The summed E-state index contributed by atoms with van der Waals surface area (Å²) < 4.78 is 70.4. The average Bonchev–Trinajstić information content (AvgIpc) is 2.67. The molecule has 0 radical (unpaired) electrons. The first kappa shape index (κ1) is 21.3. The number of benzene rings is 2. The molecule has 0 unspecified atom stereocenters. The maximum absolute atomic E-state index is 13.5. The highest BCUT2D eigenvalue weighted by atomic mass is 19.2. The third-order valence-electron chi connectivity index (χ3n) is 3.44. The highest BCUT2D eigenvalue weighted by Crippen LogP contribution is 2.26. The van der Waals surface area contributed by atoms with E-state index in [2.05, 4.69) is 4.74 Å². The number of esters is 2. The summed E-state index contributed by atoms with van der Waals surface area (Å²) in [4.78, 5) is 42.9. The Morgan fingerprint density at radius 3 is 1.86 bits per heavy atom. The van der Waals surface area contributed by atoms with Crippen molar-refractivity contribution >= 4 is 23.3 Å². The number of carbonyl (C=O) groups is 2. The van der Waals surface area contributed by atoms with Gasteiger partial charge in [0.15, 0.2) is 23.3 Å². The van der Waals surface area contributed by atoms with Crippen LogP contribution in [0.3, 0.4) is 0 Å². The Morgan fingerprint density at radius 2 is 1.38 bits per heavy atom. The summed E-state index contributed by atoms with van der Waals surface area (Å²) >= 11 is 0. The lowest BCUT2D eigenvalue weighted by Crippen LogP contribution is -2.18. The van der Waals surface area contributed by atoms with Crippen molar-refractivity contribution in [2.75, 3.05) is 0 Å². The van der Waals surface area contributed by atoms with E-state index in [0.29, 0.717) is 18.2 Å². The Morgan fingerprint density at radius 1 is 0.862 bits per heavy atom. The van der Waals surface area contributed by atoms with E-state index in [1.54, 1.807) is 0 Å². The van der Waals surface area contributed by atoms with Gasteiger partial charge in [-0.15, -0.1) is 0 Å². The first-order chi connectivity index (χ1) is 13.5. The van der Waals surface area contributed by atoms with E-state index in [4.69, 9.17) is 0 Å². The van der Waals surface area contributed by atoms with E-state index in [1.807, 2.05) is 0 Å². The first-order valence-electron chi connectivity index (χ1n) is 7.13. The van der Waals surface area contributed by atoms with Gasteiger partial charge in [-0.2, -0.15) is 0 Å². The standard InChI is InChI=1S/C15H5F5N2O7/c16-10-7(11(17)13(19)14(20)12(10)18)4-9(23)29-15(24)6-2-1-5(21(25)26)3-8(6)22(27)28/h1-3H,4H2. The van der Waals surface area contributed by atoms with E-state index < -0.39 is 79.8 Å². The highest BCUT2D eigenvalue weighted by Gasteiger charge is 2.30. The molecule has 0 bridgehead atoms. The molecule has 0 aliphatic rings. The van der Waals surface area contributed by atoms with Crippen molar-refractivity contribution in [1.29, 1.82) is 0 Å². The second-order valence-electron chi connectivity index (χ2n) is 5.20. The molecule has 0 fully saturated rings. The van der Waals surface area contributed by atoms with E-state index in [9.17, 15) is 51.8 Å². The number of carbonyl (C=O) groups excluding carboxylic acids is 2. The van der Waals surface area contributed by atoms with Crippen molar-refractivity contribution in [2.24, 2.45) is 0 Å². The summed E-state index contributed by atoms with van der Waals surface area (Å²) in [7, 11) is 0. The number of hydrogen-bond donors (Lipinski definition) is 0. The van der Waals surface area contributed by atoms with Gasteiger partial charge in [0.2, 0.25) is 5.82 Å². The topological polar surface area (TPSA) is 130 Å². The lowest BCUT2D eigenvalue weighted by molar-refractivity contribution is -0.394. The Bertz CT molecular complexity index is 1040. The minimum absolute atomic E-state index is 0.394. The normalized spacial score (nSPS) is 10.5. The molecular weight excluding hydrogens is 415 g/mol. The molecule has 2 aromatic rings. The molecule has 0 saturated heterocycles. The van der Waals surface area contributed by atoms with Crippen molar-refractivity contribution in [2.45, 2.75) is 6.42 Å². The zero-order valence-corrected chi connectivity index (χ0v) is 13.6. The van der Waals surface area contributed by atoms with E-state index in [1.165, 1.54) is 0 Å². The van der Waals surface area contributed by atoms with Crippen LogP contribution < -0.4 is 0 Å². The molecular formula is C15H5F5N2O7. The van der Waals surface area contributed by atoms with Crippen molar-refractivity contribution in [3.8, 4) is 0 Å². The zero-order valence-electron chi connectivity index (χ0n) is 13.6. The summed E-state index contributed by atoms with van der Waals surface area (Å²) in [6.07, 6.45) is -1.57. The Kier molecular flexibility index (Phi) is 5.85. The molecule has 9 nitrogen and oxygen atoms in total. The summed E-state index contributed by atoms with van der Waals surface area (Å²) in [6, 6.07) is 1.66. The molecule has 0 aliphatic heterocycles. The van der Waals surface area contributed by atoms with Crippen molar-refractivity contribution in [3.63, 3.8) is 0 Å². The van der Waals surface area contributed by atoms with Crippen LogP contribution in [-0.2, 0) is 16.0 Å². The molecule has 0 amide bonds. The van der Waals surface area contributed by atoms with Gasteiger partial charge in [-0.3, -0.25) is 25.0 Å². The second kappa shape index (κ2) is 7.95. The molecule has 0 heterocycles. The smallest absolute Gasteiger partial charge is 0.352 e. The highest BCUT2D eigenvalue weighted by molar-refractivity contribution is 6.00. The van der Waals surface area contributed by atoms with Crippen LogP contribution in [0, 0.1) is 49.3 Å². The van der Waals surface area contributed by atoms with Crippen LogP contribution in [-0.4, -0.2) is 21.8 Å². The van der Waals surface area contributed by atoms with Crippen LogP contribution in [0.4, 0.5) is 33.3 Å². The number of rotatable bonds is 5. The summed E-state index contributed by atoms with van der Waals surface area (Å²) in [6.45, 7) is 0. The quantitative estimate of drug-likeness (QED) is 0.138. The fourth-order valence-corrected chi connectivity index (χ4v) is 2.10. The summed E-state index contributed by atoms with van der Waals surface area (Å²) in [5.41, 5.74) is -4.39. The Hall–Kier alpha value is -3.97. The number of ether oxygens (including phenoxy) is 1. The first-order valence-corrected chi connectivity index (χ1v) is 7.13. The Balaban J connectivity index is 2.30. The molecule has 14 heteroatoms. The fourth-order valence-electron chi connectivity index (χ4n) is 2.10. The van der Waals surface area contributed by atoms with Gasteiger partial charge in [0.1, 0.15) is 5.56 Å². The second-order valence-corrected chi connectivity index (χ2v) is 5.20. The molecule has 0 aliphatic carbocycles. The summed E-state index contributed by atoms with van der Waals surface area (Å²) in [5, 5.41) is 21.6. The van der Waals surface area contributed by atoms with Gasteiger partial charge in [0.05, 0.1) is 22.3 Å². The van der Waals surface area contributed by atoms with Gasteiger partial charge in [-0.1, -0.05) is 0 Å². The van der Waals surface area contributed by atoms with Crippen LogP contribution in [0.25, 0.3) is 0 Å². The van der Waals surface area contributed by atoms with Gasteiger partial charge < -0.3 is 4.74 Å². The van der Waals surface area contributed by atoms with Gasteiger partial charge in [0.25, 0.3) is 11.4 Å². The molecule has 152 valence electrons. The van der Waals surface area contributed by atoms with Crippen LogP contribution in [0.15, 0.2) is 18.2 Å². The zero-order chi connectivity index (χ0) is 22.0. The van der Waals surface area contributed by atoms with Crippen LogP contribution in [0.2, 0.25) is 0 Å². The number of non-ortho nitro benzene ring substituents is 1. The van der Waals surface area contributed by atoms with Gasteiger partial charge >= 0.3 is 11.9 Å². The lowest BCUT2D eigenvalue weighted by Gasteiger charge is -2.08. The maximum atomic E-state index is 13.5. The monoisotopic (exact) mass is 420 g/mol. The molecule has 29 heavy (non-hydrogen) atoms. The number of nitro benzene ring substituents is 2. The molecule has 2 aromatic carbocycles. The molecule has 0 saturated carbocycles. The maximum Gasteiger partial charge on any atom is 0.352 e. The molecule has 0 aromatic heterocycles. The van der Waals surface area contributed by atoms with Crippen molar-refractivity contribution < 1.29 is 46.1 Å². The molecule has 0 atom stereocenters. The summed E-state index contributed by atoms with van der Waals surface area (Å²) in [5.74, 6) is -15.3. The van der Waals surface area contributed by atoms with E-state index in [0.717, 1.165) is 0 Å². The third kappa shape index (κ3) is 4.15. The molecule has 2 rings (SSSR count). The third-order valence-corrected chi connectivity index (χ3v) is 3.44. The van der Waals surface area contributed by atoms with Crippen LogP contribution >= 0.6 is 0 Å². The van der Waals surface area contributed by atoms with E-state index in [-0.39, 0.29) is 0 Å². The SMILES string of the molecule is O=C(Cc1c(F)c(F)c(F)c(F)c1F)OC(=O)c1ccc([N+](=O)[O-])cc1[N+](=O)[O-]. The van der Waals surface area contributed by atoms with Crippen LogP contribution in [0.1, 0.15) is 15.9 Å². The predicted molar refractivity (Wildman–Crippen MR) is 80.1 cm³/mol. The van der Waals surface area contributed by atoms with Crippen molar-refractivity contribution in [1.82, 2.24) is 0 Å². The number of hydrogen-bond acceptors (Lipinski definition) is 7.